The molecule has 1 aromatic rings. The highest BCUT2D eigenvalue weighted by Crippen LogP contribution is 2.26. The third kappa shape index (κ3) is 3.24. The van der Waals surface area contributed by atoms with Crippen molar-refractivity contribution >= 4 is 11.9 Å². The van der Waals surface area contributed by atoms with Gasteiger partial charge in [0.25, 0.3) is 0 Å². The number of anilines is 2. The molecule has 0 saturated carbocycles. The van der Waals surface area contributed by atoms with Crippen LogP contribution in [0.2, 0.25) is 0 Å². The van der Waals surface area contributed by atoms with E-state index in [1.807, 2.05) is 13.8 Å². The highest BCUT2D eigenvalue weighted by molar-refractivity contribution is 5.40. The SMILES string of the molecule is CCNc1nc(OCC)nc(N2CCCC2CC)n1. The van der Waals surface area contributed by atoms with Crippen molar-refractivity contribution < 1.29 is 4.74 Å². The summed E-state index contributed by atoms with van der Waals surface area (Å²) in [6, 6.07) is 0.941. The first-order valence-corrected chi connectivity index (χ1v) is 7.17. The molecule has 0 spiro atoms. The van der Waals surface area contributed by atoms with Gasteiger partial charge in [0.05, 0.1) is 6.61 Å². The van der Waals surface area contributed by atoms with Crippen LogP contribution in [0.15, 0.2) is 0 Å². The van der Waals surface area contributed by atoms with Crippen molar-refractivity contribution in [1.82, 2.24) is 15.0 Å². The maximum atomic E-state index is 5.43. The smallest absolute Gasteiger partial charge is 0.323 e. The molecule has 106 valence electrons. The molecule has 6 nitrogen and oxygen atoms in total. The zero-order chi connectivity index (χ0) is 13.7. The second-order valence-corrected chi connectivity index (χ2v) is 4.60. The predicted molar refractivity (Wildman–Crippen MR) is 75.8 cm³/mol. The summed E-state index contributed by atoms with van der Waals surface area (Å²) in [6.07, 6.45) is 3.53. The minimum Gasteiger partial charge on any atom is -0.464 e. The molecule has 0 aromatic carbocycles. The maximum Gasteiger partial charge on any atom is 0.323 e. The maximum absolute atomic E-state index is 5.43. The van der Waals surface area contributed by atoms with Gasteiger partial charge in [0.2, 0.25) is 11.9 Å². The normalized spacial score (nSPS) is 18.7. The van der Waals surface area contributed by atoms with Crippen molar-refractivity contribution in [2.24, 2.45) is 0 Å². The van der Waals surface area contributed by atoms with E-state index in [-0.39, 0.29) is 0 Å². The summed E-state index contributed by atoms with van der Waals surface area (Å²) in [6.45, 7) is 8.52. The molecule has 0 amide bonds. The fraction of sp³-hybridized carbons (Fsp3) is 0.769. The van der Waals surface area contributed by atoms with Crippen LogP contribution in [0.1, 0.15) is 40.0 Å². The van der Waals surface area contributed by atoms with Crippen molar-refractivity contribution in [1.29, 1.82) is 0 Å². The highest BCUT2D eigenvalue weighted by atomic mass is 16.5. The molecule has 1 fully saturated rings. The van der Waals surface area contributed by atoms with Crippen molar-refractivity contribution in [3.05, 3.63) is 0 Å². The quantitative estimate of drug-likeness (QED) is 0.849. The van der Waals surface area contributed by atoms with Crippen LogP contribution in [0.5, 0.6) is 6.01 Å². The molecule has 1 aromatic heterocycles. The van der Waals surface area contributed by atoms with Gasteiger partial charge < -0.3 is 15.0 Å². The molecule has 1 aliphatic heterocycles. The number of hydrogen-bond donors (Lipinski definition) is 1. The topological polar surface area (TPSA) is 63.2 Å². The van der Waals surface area contributed by atoms with E-state index in [2.05, 4.69) is 32.1 Å². The second-order valence-electron chi connectivity index (χ2n) is 4.60. The highest BCUT2D eigenvalue weighted by Gasteiger charge is 2.26. The van der Waals surface area contributed by atoms with Crippen molar-refractivity contribution in [3.63, 3.8) is 0 Å². The van der Waals surface area contributed by atoms with Gasteiger partial charge in [-0.25, -0.2) is 0 Å². The Hall–Kier alpha value is -1.59. The van der Waals surface area contributed by atoms with E-state index in [0.717, 1.165) is 25.5 Å². The Labute approximate surface area is 114 Å². The second kappa shape index (κ2) is 6.54. The Morgan fingerprint density at radius 1 is 1.26 bits per heavy atom. The summed E-state index contributed by atoms with van der Waals surface area (Å²) in [5.41, 5.74) is 0. The van der Waals surface area contributed by atoms with E-state index in [1.54, 1.807) is 0 Å². The molecular weight excluding hydrogens is 242 g/mol. The van der Waals surface area contributed by atoms with Gasteiger partial charge in [0.1, 0.15) is 0 Å². The van der Waals surface area contributed by atoms with Crippen molar-refractivity contribution in [3.8, 4) is 6.01 Å². The summed E-state index contributed by atoms with van der Waals surface area (Å²) in [5.74, 6) is 1.33. The summed E-state index contributed by atoms with van der Waals surface area (Å²) >= 11 is 0. The largest absolute Gasteiger partial charge is 0.464 e. The average Bonchev–Trinajstić information content (AvgIpc) is 2.87. The number of aromatic nitrogens is 3. The van der Waals surface area contributed by atoms with Gasteiger partial charge >= 0.3 is 6.01 Å². The van der Waals surface area contributed by atoms with Gasteiger partial charge in [0, 0.05) is 19.1 Å². The van der Waals surface area contributed by atoms with E-state index >= 15 is 0 Å². The van der Waals surface area contributed by atoms with E-state index in [0.29, 0.717) is 24.6 Å². The number of hydrogen-bond acceptors (Lipinski definition) is 6. The lowest BCUT2D eigenvalue weighted by Crippen LogP contribution is -2.30. The van der Waals surface area contributed by atoms with Crippen molar-refractivity contribution in [2.75, 3.05) is 29.9 Å². The average molecular weight is 265 g/mol. The summed E-state index contributed by atoms with van der Waals surface area (Å²) in [4.78, 5) is 15.4. The Morgan fingerprint density at radius 2 is 2.11 bits per heavy atom. The van der Waals surface area contributed by atoms with Crippen LogP contribution < -0.4 is 15.0 Å². The standard InChI is InChI=1S/C13H23N5O/c1-4-10-8-7-9-18(10)12-15-11(14-5-2)16-13(17-12)19-6-3/h10H,4-9H2,1-3H3,(H,14,15,16,17). The van der Waals surface area contributed by atoms with Gasteiger partial charge in [-0.1, -0.05) is 6.92 Å². The fourth-order valence-corrected chi connectivity index (χ4v) is 2.43. The van der Waals surface area contributed by atoms with Crippen LogP contribution in [0.4, 0.5) is 11.9 Å². The molecule has 1 saturated heterocycles. The van der Waals surface area contributed by atoms with Crippen LogP contribution in [-0.2, 0) is 0 Å². The van der Waals surface area contributed by atoms with Crippen LogP contribution in [-0.4, -0.2) is 40.7 Å². The van der Waals surface area contributed by atoms with Crippen LogP contribution in [0, 0.1) is 0 Å². The minimum absolute atomic E-state index is 0.408. The number of nitrogens with one attached hydrogen (secondary N) is 1. The minimum atomic E-state index is 0.408. The third-order valence-corrected chi connectivity index (χ3v) is 3.32. The van der Waals surface area contributed by atoms with E-state index in [4.69, 9.17) is 4.74 Å². The Balaban J connectivity index is 2.27. The molecule has 2 heterocycles. The molecule has 0 aliphatic carbocycles. The van der Waals surface area contributed by atoms with Gasteiger partial charge in [0.15, 0.2) is 0 Å². The van der Waals surface area contributed by atoms with E-state index in [1.165, 1.54) is 12.8 Å². The molecule has 0 bridgehead atoms. The van der Waals surface area contributed by atoms with Gasteiger partial charge in [-0.3, -0.25) is 0 Å². The zero-order valence-corrected chi connectivity index (χ0v) is 12.0. The first-order chi connectivity index (χ1) is 9.28. The van der Waals surface area contributed by atoms with E-state index in [9.17, 15) is 0 Å². The molecule has 1 N–H and O–H groups in total. The monoisotopic (exact) mass is 265 g/mol. The van der Waals surface area contributed by atoms with E-state index < -0.39 is 0 Å². The number of nitrogens with zero attached hydrogens (tertiary/aromatic N) is 4. The zero-order valence-electron chi connectivity index (χ0n) is 12.0. The van der Waals surface area contributed by atoms with Crippen LogP contribution in [0.3, 0.4) is 0 Å². The third-order valence-electron chi connectivity index (χ3n) is 3.32. The molecule has 19 heavy (non-hydrogen) atoms. The Bertz CT molecular complexity index is 388. The van der Waals surface area contributed by atoms with Crippen LogP contribution in [0.25, 0.3) is 0 Å². The summed E-state index contributed by atoms with van der Waals surface area (Å²) in [7, 11) is 0. The van der Waals surface area contributed by atoms with Crippen molar-refractivity contribution in [2.45, 2.75) is 46.1 Å². The first kappa shape index (κ1) is 13.8. The Morgan fingerprint density at radius 3 is 2.79 bits per heavy atom. The fourth-order valence-electron chi connectivity index (χ4n) is 2.43. The van der Waals surface area contributed by atoms with Gasteiger partial charge in [-0.15, -0.1) is 0 Å². The molecule has 6 heteroatoms. The van der Waals surface area contributed by atoms with Crippen LogP contribution >= 0.6 is 0 Å². The Kier molecular flexibility index (Phi) is 4.76. The molecular formula is C13H23N5O. The molecule has 2 rings (SSSR count). The predicted octanol–water partition coefficient (Wildman–Crippen LogP) is 2.08. The lowest BCUT2D eigenvalue weighted by atomic mass is 10.2. The molecule has 0 radical (unpaired) electrons. The molecule has 1 atom stereocenters. The summed E-state index contributed by atoms with van der Waals surface area (Å²) < 4.78 is 5.43. The van der Waals surface area contributed by atoms with Gasteiger partial charge in [-0.05, 0) is 33.1 Å². The molecule has 1 aliphatic rings. The lowest BCUT2D eigenvalue weighted by Gasteiger charge is -2.23. The lowest BCUT2D eigenvalue weighted by molar-refractivity contribution is 0.312. The first-order valence-electron chi connectivity index (χ1n) is 7.17. The number of ether oxygens (including phenoxy) is 1. The summed E-state index contributed by atoms with van der Waals surface area (Å²) in [5, 5.41) is 3.13. The number of rotatable bonds is 6. The molecule has 1 unspecified atom stereocenters. The van der Waals surface area contributed by atoms with Gasteiger partial charge in [-0.2, -0.15) is 15.0 Å².